The molecule has 2 heterocycles. The Bertz CT molecular complexity index is 1400. The Morgan fingerprint density at radius 2 is 1.87 bits per heavy atom. The number of aryl methyl sites for hydroxylation is 1. The van der Waals surface area contributed by atoms with Gasteiger partial charge in [-0.3, -0.25) is 19.5 Å². The van der Waals surface area contributed by atoms with E-state index in [1.54, 1.807) is 74.8 Å². The molecule has 1 unspecified atom stereocenters. The molecule has 1 fully saturated rings. The third kappa shape index (κ3) is 5.29. The molecule has 0 saturated carbocycles. The van der Waals surface area contributed by atoms with E-state index in [2.05, 4.69) is 4.98 Å². The molecule has 1 saturated heterocycles. The van der Waals surface area contributed by atoms with Gasteiger partial charge in [-0.25, -0.2) is 4.79 Å². The van der Waals surface area contributed by atoms with Crippen molar-refractivity contribution in [1.29, 1.82) is 0 Å². The minimum Gasteiger partial charge on any atom is -0.507 e. The van der Waals surface area contributed by atoms with Gasteiger partial charge in [0.25, 0.3) is 11.7 Å². The summed E-state index contributed by atoms with van der Waals surface area (Å²) in [4.78, 5) is 44.8. The Labute approximate surface area is 221 Å². The second-order valence-electron chi connectivity index (χ2n) is 9.29. The molecule has 38 heavy (non-hydrogen) atoms. The molecule has 8 heteroatoms. The molecular weight excluding hydrogens is 484 g/mol. The van der Waals surface area contributed by atoms with Crippen LogP contribution in [0.25, 0.3) is 5.76 Å². The van der Waals surface area contributed by atoms with E-state index >= 15 is 0 Å². The third-order valence-corrected chi connectivity index (χ3v) is 6.06. The van der Waals surface area contributed by atoms with E-state index in [0.717, 1.165) is 12.0 Å². The number of rotatable bonds is 8. The number of hydrogen-bond acceptors (Lipinski definition) is 7. The molecule has 0 radical (unpaired) electrons. The van der Waals surface area contributed by atoms with E-state index in [0.29, 0.717) is 29.2 Å². The number of ether oxygens (including phenoxy) is 2. The summed E-state index contributed by atoms with van der Waals surface area (Å²) >= 11 is 0. The predicted molar refractivity (Wildman–Crippen MR) is 143 cm³/mol. The summed E-state index contributed by atoms with van der Waals surface area (Å²) in [6, 6.07) is 13.9. The predicted octanol–water partition coefficient (Wildman–Crippen LogP) is 5.37. The van der Waals surface area contributed by atoms with Crippen molar-refractivity contribution in [3.63, 3.8) is 0 Å². The van der Waals surface area contributed by atoms with Crippen molar-refractivity contribution in [2.45, 2.75) is 46.3 Å². The highest BCUT2D eigenvalue weighted by atomic mass is 16.5. The Hall–Kier alpha value is -4.46. The lowest BCUT2D eigenvalue weighted by molar-refractivity contribution is -0.132. The number of benzene rings is 2. The first-order valence-electron chi connectivity index (χ1n) is 12.5. The standard InChI is InChI=1S/C30H30N2O6/c1-5-14-37-24-12-11-20(15-19(24)4)27(33)25-26(22-9-7-13-31-17-22)32(29(35)28(25)34)23-10-6-8-21(16-23)30(36)38-18(2)3/h6-13,15-18,26,33H,5,14H2,1-4H3/b27-25+. The van der Waals surface area contributed by atoms with Crippen molar-refractivity contribution >= 4 is 29.1 Å². The van der Waals surface area contributed by atoms with E-state index < -0.39 is 23.7 Å². The minimum absolute atomic E-state index is 0.0696. The van der Waals surface area contributed by atoms with Crippen LogP contribution < -0.4 is 9.64 Å². The Morgan fingerprint density at radius 1 is 1.08 bits per heavy atom. The second-order valence-corrected chi connectivity index (χ2v) is 9.29. The molecule has 2 aromatic carbocycles. The number of esters is 1. The van der Waals surface area contributed by atoms with Gasteiger partial charge in [0.05, 0.1) is 29.9 Å². The normalized spacial score (nSPS) is 16.7. The minimum atomic E-state index is -0.962. The topological polar surface area (TPSA) is 106 Å². The van der Waals surface area contributed by atoms with Crippen molar-refractivity contribution in [3.05, 3.63) is 94.8 Å². The average molecular weight is 515 g/mol. The van der Waals surface area contributed by atoms with Crippen LogP contribution in [0.15, 0.2) is 72.6 Å². The third-order valence-electron chi connectivity index (χ3n) is 6.06. The van der Waals surface area contributed by atoms with Crippen LogP contribution in [0.2, 0.25) is 0 Å². The molecule has 1 N–H and O–H groups in total. The maximum Gasteiger partial charge on any atom is 0.338 e. The first kappa shape index (κ1) is 26.6. The maximum atomic E-state index is 13.4. The number of Topliss-reactive ketones (excluding diaryl/α,β-unsaturated/α-hetero) is 1. The molecule has 8 nitrogen and oxygen atoms in total. The van der Waals surface area contributed by atoms with Gasteiger partial charge >= 0.3 is 5.97 Å². The fourth-order valence-corrected chi connectivity index (χ4v) is 4.34. The second kappa shape index (κ2) is 11.3. The summed E-state index contributed by atoms with van der Waals surface area (Å²) in [5.74, 6) is -1.83. The smallest absolute Gasteiger partial charge is 0.338 e. The van der Waals surface area contributed by atoms with Crippen LogP contribution in [0.1, 0.15) is 60.3 Å². The molecule has 1 aromatic heterocycles. The molecule has 4 rings (SSSR count). The molecule has 0 aliphatic carbocycles. The zero-order chi connectivity index (χ0) is 27.4. The number of carbonyl (C=O) groups excluding carboxylic acids is 3. The fraction of sp³-hybridized carbons (Fsp3) is 0.267. The van der Waals surface area contributed by atoms with Gasteiger partial charge in [-0.15, -0.1) is 0 Å². The summed E-state index contributed by atoms with van der Waals surface area (Å²) in [6.45, 7) is 7.90. The first-order chi connectivity index (χ1) is 18.2. The monoisotopic (exact) mass is 514 g/mol. The van der Waals surface area contributed by atoms with E-state index in [-0.39, 0.29) is 23.0 Å². The Morgan fingerprint density at radius 3 is 2.53 bits per heavy atom. The molecule has 196 valence electrons. The van der Waals surface area contributed by atoms with E-state index in [1.165, 1.54) is 11.0 Å². The molecule has 1 aliphatic heterocycles. The van der Waals surface area contributed by atoms with Gasteiger partial charge in [-0.1, -0.05) is 19.1 Å². The number of pyridine rings is 1. The summed E-state index contributed by atoms with van der Waals surface area (Å²) < 4.78 is 11.0. The molecule has 1 aliphatic rings. The highest BCUT2D eigenvalue weighted by Gasteiger charge is 2.47. The van der Waals surface area contributed by atoms with E-state index in [1.807, 2.05) is 13.8 Å². The van der Waals surface area contributed by atoms with Crippen LogP contribution in [-0.4, -0.2) is 40.5 Å². The summed E-state index contributed by atoms with van der Waals surface area (Å²) in [5, 5.41) is 11.4. The molecular formula is C30H30N2O6. The number of amides is 1. The molecule has 0 spiro atoms. The number of anilines is 1. The number of carbonyl (C=O) groups is 3. The van der Waals surface area contributed by atoms with Crippen LogP contribution in [0, 0.1) is 6.92 Å². The molecule has 3 aromatic rings. The Balaban J connectivity index is 1.84. The van der Waals surface area contributed by atoms with Gasteiger partial charge in [0, 0.05) is 23.6 Å². The highest BCUT2D eigenvalue weighted by Crippen LogP contribution is 2.42. The van der Waals surface area contributed by atoms with E-state index in [4.69, 9.17) is 9.47 Å². The first-order valence-corrected chi connectivity index (χ1v) is 12.5. The van der Waals surface area contributed by atoms with Crippen molar-refractivity contribution in [2.75, 3.05) is 11.5 Å². The molecule has 0 bridgehead atoms. The van der Waals surface area contributed by atoms with Gasteiger partial charge < -0.3 is 14.6 Å². The van der Waals surface area contributed by atoms with Gasteiger partial charge in [-0.05, 0) is 80.8 Å². The fourth-order valence-electron chi connectivity index (χ4n) is 4.34. The molecule has 1 amide bonds. The number of aliphatic hydroxyl groups is 1. The van der Waals surface area contributed by atoms with Crippen LogP contribution in [0.5, 0.6) is 5.75 Å². The van der Waals surface area contributed by atoms with Crippen LogP contribution in [0.4, 0.5) is 5.69 Å². The van der Waals surface area contributed by atoms with Crippen LogP contribution in [-0.2, 0) is 14.3 Å². The van der Waals surface area contributed by atoms with Gasteiger partial charge in [-0.2, -0.15) is 0 Å². The number of aromatic nitrogens is 1. The van der Waals surface area contributed by atoms with Crippen molar-refractivity contribution in [2.24, 2.45) is 0 Å². The maximum absolute atomic E-state index is 13.4. The lowest BCUT2D eigenvalue weighted by Crippen LogP contribution is -2.29. The van der Waals surface area contributed by atoms with Crippen LogP contribution in [0.3, 0.4) is 0 Å². The SMILES string of the molecule is CCCOc1ccc(/C(O)=C2\C(=O)C(=O)N(c3cccc(C(=O)OC(C)C)c3)C2c2cccnc2)cc1C. The zero-order valence-electron chi connectivity index (χ0n) is 21.8. The Kier molecular flexibility index (Phi) is 7.90. The van der Waals surface area contributed by atoms with Crippen molar-refractivity contribution in [1.82, 2.24) is 4.98 Å². The summed E-state index contributed by atoms with van der Waals surface area (Å²) in [5.41, 5.74) is 2.18. The largest absolute Gasteiger partial charge is 0.507 e. The van der Waals surface area contributed by atoms with Crippen molar-refractivity contribution in [3.8, 4) is 5.75 Å². The zero-order valence-corrected chi connectivity index (χ0v) is 21.8. The number of aliphatic hydroxyl groups excluding tert-OH is 1. The lowest BCUT2D eigenvalue weighted by atomic mass is 9.95. The lowest BCUT2D eigenvalue weighted by Gasteiger charge is -2.25. The van der Waals surface area contributed by atoms with Crippen LogP contribution >= 0.6 is 0 Å². The average Bonchev–Trinajstić information content (AvgIpc) is 3.17. The van der Waals surface area contributed by atoms with Gasteiger partial charge in [0.2, 0.25) is 0 Å². The van der Waals surface area contributed by atoms with E-state index in [9.17, 15) is 19.5 Å². The van der Waals surface area contributed by atoms with Gasteiger partial charge in [0.1, 0.15) is 11.5 Å². The number of ketones is 1. The quantitative estimate of drug-likeness (QED) is 0.186. The summed E-state index contributed by atoms with van der Waals surface area (Å²) in [7, 11) is 0. The van der Waals surface area contributed by atoms with Gasteiger partial charge in [0.15, 0.2) is 0 Å². The number of nitrogens with zero attached hydrogens (tertiary/aromatic N) is 2. The highest BCUT2D eigenvalue weighted by molar-refractivity contribution is 6.51. The number of hydrogen-bond donors (Lipinski definition) is 1. The molecule has 1 atom stereocenters. The van der Waals surface area contributed by atoms with Crippen molar-refractivity contribution < 1.29 is 29.0 Å². The summed E-state index contributed by atoms with van der Waals surface area (Å²) in [6.07, 6.45) is 3.65.